The average Bonchev–Trinajstić information content (AvgIpc) is 2.55. The van der Waals surface area contributed by atoms with Gasteiger partial charge in [-0.05, 0) is 36.8 Å². The summed E-state index contributed by atoms with van der Waals surface area (Å²) >= 11 is 6.22. The van der Waals surface area contributed by atoms with E-state index in [1.54, 1.807) is 22.5 Å². The smallest absolute Gasteiger partial charge is 0.243 e. The van der Waals surface area contributed by atoms with E-state index in [-0.39, 0.29) is 0 Å². The summed E-state index contributed by atoms with van der Waals surface area (Å²) in [7, 11) is -3.43. The molecule has 2 aromatic rings. The summed E-state index contributed by atoms with van der Waals surface area (Å²) in [5, 5.41) is 0.697. The molecule has 0 saturated carbocycles. The largest absolute Gasteiger partial charge is 0.368 e. The summed E-state index contributed by atoms with van der Waals surface area (Å²) in [5.74, 6) is 0. The zero-order valence-corrected chi connectivity index (χ0v) is 14.5. The molecular formula is C17H19ClN2O2S. The first-order valence-corrected chi connectivity index (χ1v) is 9.36. The van der Waals surface area contributed by atoms with E-state index in [4.69, 9.17) is 11.6 Å². The molecule has 122 valence electrons. The maximum absolute atomic E-state index is 12.7. The van der Waals surface area contributed by atoms with Crippen molar-refractivity contribution in [2.45, 2.75) is 11.8 Å². The molecule has 4 nitrogen and oxygen atoms in total. The van der Waals surface area contributed by atoms with E-state index in [0.29, 0.717) is 36.1 Å². The second-order valence-electron chi connectivity index (χ2n) is 5.66. The monoisotopic (exact) mass is 350 g/mol. The van der Waals surface area contributed by atoms with Crippen molar-refractivity contribution in [1.29, 1.82) is 0 Å². The highest BCUT2D eigenvalue weighted by Crippen LogP contribution is 2.27. The Morgan fingerprint density at radius 3 is 2.30 bits per heavy atom. The minimum Gasteiger partial charge on any atom is -0.368 e. The van der Waals surface area contributed by atoms with E-state index in [2.05, 4.69) is 4.90 Å². The summed E-state index contributed by atoms with van der Waals surface area (Å²) in [6.45, 7) is 4.08. The fraction of sp³-hybridized carbons (Fsp3) is 0.294. The van der Waals surface area contributed by atoms with Crippen LogP contribution in [0.25, 0.3) is 0 Å². The van der Waals surface area contributed by atoms with Crippen molar-refractivity contribution in [3.63, 3.8) is 0 Å². The average molecular weight is 351 g/mol. The van der Waals surface area contributed by atoms with Crippen LogP contribution in [0.1, 0.15) is 5.56 Å². The van der Waals surface area contributed by atoms with E-state index in [9.17, 15) is 8.42 Å². The summed E-state index contributed by atoms with van der Waals surface area (Å²) in [4.78, 5) is 2.49. The molecule has 23 heavy (non-hydrogen) atoms. The number of hydrogen-bond donors (Lipinski definition) is 0. The van der Waals surface area contributed by atoms with Gasteiger partial charge in [0, 0.05) is 26.2 Å². The van der Waals surface area contributed by atoms with Crippen molar-refractivity contribution in [3.05, 3.63) is 59.1 Å². The van der Waals surface area contributed by atoms with Crippen molar-refractivity contribution in [1.82, 2.24) is 4.31 Å². The zero-order chi connectivity index (χ0) is 16.4. The fourth-order valence-electron chi connectivity index (χ4n) is 2.80. The number of rotatable bonds is 3. The van der Waals surface area contributed by atoms with Crippen LogP contribution in [-0.4, -0.2) is 38.9 Å². The van der Waals surface area contributed by atoms with E-state index < -0.39 is 10.0 Å². The van der Waals surface area contributed by atoms with Crippen LogP contribution >= 0.6 is 11.6 Å². The molecule has 1 saturated heterocycles. The van der Waals surface area contributed by atoms with Crippen LogP contribution in [0.15, 0.2) is 53.4 Å². The lowest BCUT2D eigenvalue weighted by atomic mass is 10.2. The number of anilines is 1. The second-order valence-corrected chi connectivity index (χ2v) is 8.00. The third kappa shape index (κ3) is 3.37. The first-order valence-electron chi connectivity index (χ1n) is 7.55. The van der Waals surface area contributed by atoms with Crippen LogP contribution < -0.4 is 4.90 Å². The Kier molecular flexibility index (Phi) is 4.62. The third-order valence-corrected chi connectivity index (χ3v) is 6.27. The van der Waals surface area contributed by atoms with E-state index in [1.165, 1.54) is 0 Å². The summed E-state index contributed by atoms with van der Waals surface area (Å²) in [6, 6.07) is 14.7. The highest BCUT2D eigenvalue weighted by molar-refractivity contribution is 7.89. The summed E-state index contributed by atoms with van der Waals surface area (Å²) < 4.78 is 27.0. The molecule has 0 unspecified atom stereocenters. The van der Waals surface area contributed by atoms with Crippen LogP contribution in [0.5, 0.6) is 0 Å². The van der Waals surface area contributed by atoms with Crippen LogP contribution in [0.3, 0.4) is 0 Å². The molecule has 6 heteroatoms. The Labute approximate surface area is 142 Å². The molecule has 0 aromatic heterocycles. The molecule has 0 atom stereocenters. The number of hydrogen-bond acceptors (Lipinski definition) is 3. The zero-order valence-electron chi connectivity index (χ0n) is 12.9. The van der Waals surface area contributed by atoms with Crippen LogP contribution in [-0.2, 0) is 10.0 Å². The van der Waals surface area contributed by atoms with Crippen molar-refractivity contribution in [2.75, 3.05) is 31.1 Å². The molecule has 0 amide bonds. The molecule has 1 fully saturated rings. The van der Waals surface area contributed by atoms with Gasteiger partial charge in [0.05, 0.1) is 15.6 Å². The van der Waals surface area contributed by atoms with E-state index in [0.717, 1.165) is 11.3 Å². The van der Waals surface area contributed by atoms with Gasteiger partial charge in [-0.15, -0.1) is 0 Å². The maximum atomic E-state index is 12.7. The molecule has 1 aliphatic rings. The Morgan fingerprint density at radius 1 is 0.957 bits per heavy atom. The number of aryl methyl sites for hydroxylation is 1. The lowest BCUT2D eigenvalue weighted by Crippen LogP contribution is -2.48. The standard InChI is InChI=1S/C17H19ClN2O2S/c1-14-5-4-6-15(13-14)23(21,22)20-11-9-19(10-12-20)17-8-3-2-7-16(17)18/h2-8,13H,9-12H2,1H3. The van der Waals surface area contributed by atoms with Crippen molar-refractivity contribution in [3.8, 4) is 0 Å². The van der Waals surface area contributed by atoms with Gasteiger partial charge in [0.1, 0.15) is 0 Å². The number of benzene rings is 2. The number of halogens is 1. The Hall–Kier alpha value is -1.56. The fourth-order valence-corrected chi connectivity index (χ4v) is 4.59. The van der Waals surface area contributed by atoms with Crippen molar-refractivity contribution in [2.24, 2.45) is 0 Å². The topological polar surface area (TPSA) is 40.6 Å². The molecule has 1 heterocycles. The molecular weight excluding hydrogens is 332 g/mol. The highest BCUT2D eigenvalue weighted by Gasteiger charge is 2.29. The minimum absolute atomic E-state index is 0.365. The van der Waals surface area contributed by atoms with E-state index >= 15 is 0 Å². The molecule has 3 rings (SSSR count). The first-order chi connectivity index (χ1) is 11.0. The molecule has 0 radical (unpaired) electrons. The van der Waals surface area contributed by atoms with Crippen molar-refractivity contribution >= 4 is 27.3 Å². The van der Waals surface area contributed by atoms with Crippen LogP contribution in [0.4, 0.5) is 5.69 Å². The highest BCUT2D eigenvalue weighted by atomic mass is 35.5. The number of nitrogens with zero attached hydrogens (tertiary/aromatic N) is 2. The number of sulfonamides is 1. The quantitative estimate of drug-likeness (QED) is 0.853. The SMILES string of the molecule is Cc1cccc(S(=O)(=O)N2CCN(c3ccccc3Cl)CC2)c1. The molecule has 0 aliphatic carbocycles. The van der Waals surface area contributed by atoms with Gasteiger partial charge in [-0.2, -0.15) is 4.31 Å². The summed E-state index contributed by atoms with van der Waals surface area (Å²) in [6.07, 6.45) is 0. The predicted octanol–water partition coefficient (Wildman–Crippen LogP) is 3.16. The second kappa shape index (κ2) is 6.51. The van der Waals surface area contributed by atoms with Gasteiger partial charge < -0.3 is 4.90 Å². The molecule has 0 bridgehead atoms. The van der Waals surface area contributed by atoms with Gasteiger partial charge in [0.25, 0.3) is 0 Å². The lowest BCUT2D eigenvalue weighted by Gasteiger charge is -2.35. The molecule has 1 aliphatic heterocycles. The van der Waals surface area contributed by atoms with Crippen LogP contribution in [0.2, 0.25) is 5.02 Å². The summed E-state index contributed by atoms with van der Waals surface area (Å²) in [5.41, 5.74) is 1.91. The Bertz CT molecular complexity index is 800. The number of piperazine rings is 1. The van der Waals surface area contributed by atoms with Gasteiger partial charge in [0.15, 0.2) is 0 Å². The predicted molar refractivity (Wildman–Crippen MR) is 93.6 cm³/mol. The number of para-hydroxylation sites is 1. The molecule has 0 spiro atoms. The van der Waals surface area contributed by atoms with Gasteiger partial charge in [-0.1, -0.05) is 35.9 Å². The van der Waals surface area contributed by atoms with Gasteiger partial charge in [-0.25, -0.2) is 8.42 Å². The van der Waals surface area contributed by atoms with Gasteiger partial charge in [0.2, 0.25) is 10.0 Å². The molecule has 2 aromatic carbocycles. The van der Waals surface area contributed by atoms with Gasteiger partial charge >= 0.3 is 0 Å². The third-order valence-electron chi connectivity index (χ3n) is 4.06. The first kappa shape index (κ1) is 16.3. The van der Waals surface area contributed by atoms with E-state index in [1.807, 2.05) is 37.3 Å². The minimum atomic E-state index is -3.43. The van der Waals surface area contributed by atoms with Crippen LogP contribution in [0, 0.1) is 6.92 Å². The normalized spacial score (nSPS) is 16.5. The van der Waals surface area contributed by atoms with Crippen molar-refractivity contribution < 1.29 is 8.42 Å². The van der Waals surface area contributed by atoms with Gasteiger partial charge in [-0.3, -0.25) is 0 Å². The maximum Gasteiger partial charge on any atom is 0.243 e. The Morgan fingerprint density at radius 2 is 1.65 bits per heavy atom. The Balaban J connectivity index is 1.75. The lowest BCUT2D eigenvalue weighted by molar-refractivity contribution is 0.385. The molecule has 0 N–H and O–H groups in total.